The maximum absolute atomic E-state index is 12.5. The van der Waals surface area contributed by atoms with E-state index in [4.69, 9.17) is 11.6 Å². The lowest BCUT2D eigenvalue weighted by Gasteiger charge is -2.06. The summed E-state index contributed by atoms with van der Waals surface area (Å²) >= 11 is 5.73. The van der Waals surface area contributed by atoms with Crippen LogP contribution in [-0.2, 0) is 25.9 Å². The molecule has 94 valence electrons. The lowest BCUT2D eigenvalue weighted by Crippen LogP contribution is -2.11. The molecule has 0 aliphatic heterocycles. The zero-order valence-electron chi connectivity index (χ0n) is 9.62. The van der Waals surface area contributed by atoms with Gasteiger partial charge in [-0.25, -0.2) is 13.8 Å². The highest BCUT2D eigenvalue weighted by Crippen LogP contribution is 2.22. The number of hydrogen-bond acceptors (Lipinski definition) is 2. The SMILES string of the molecule is CCc1nn(C)c2c1nc(CCl)n2CC(F)F. The summed E-state index contributed by atoms with van der Waals surface area (Å²) in [7, 11) is 1.73. The molecular formula is C10H13ClF2N4. The molecule has 2 aromatic heterocycles. The van der Waals surface area contributed by atoms with E-state index in [2.05, 4.69) is 10.1 Å². The molecule has 0 saturated carbocycles. The van der Waals surface area contributed by atoms with Crippen molar-refractivity contribution < 1.29 is 8.78 Å². The molecule has 0 atom stereocenters. The van der Waals surface area contributed by atoms with Crippen LogP contribution in [0.4, 0.5) is 8.78 Å². The third-order valence-electron chi connectivity index (χ3n) is 2.65. The molecule has 2 rings (SSSR count). The van der Waals surface area contributed by atoms with Crippen molar-refractivity contribution in [2.75, 3.05) is 0 Å². The van der Waals surface area contributed by atoms with Gasteiger partial charge >= 0.3 is 0 Å². The minimum absolute atomic E-state index is 0.116. The molecule has 0 aromatic carbocycles. The number of alkyl halides is 3. The van der Waals surface area contributed by atoms with Gasteiger partial charge in [0.1, 0.15) is 11.3 Å². The summed E-state index contributed by atoms with van der Waals surface area (Å²) in [6.45, 7) is 1.55. The number of hydrogen-bond donors (Lipinski definition) is 0. The first-order valence-corrected chi connectivity index (χ1v) is 5.87. The van der Waals surface area contributed by atoms with Crippen LogP contribution in [0.25, 0.3) is 11.2 Å². The van der Waals surface area contributed by atoms with Crippen molar-refractivity contribution in [3.63, 3.8) is 0 Å². The zero-order chi connectivity index (χ0) is 12.6. The second-order valence-electron chi connectivity index (χ2n) is 3.76. The minimum Gasteiger partial charge on any atom is -0.306 e. The third kappa shape index (κ3) is 2.01. The van der Waals surface area contributed by atoms with Gasteiger partial charge in [0.2, 0.25) is 0 Å². The summed E-state index contributed by atoms with van der Waals surface area (Å²) in [6, 6.07) is 0. The molecule has 0 saturated heterocycles. The Labute approximate surface area is 102 Å². The van der Waals surface area contributed by atoms with Crippen LogP contribution in [0.3, 0.4) is 0 Å². The van der Waals surface area contributed by atoms with Crippen LogP contribution < -0.4 is 0 Å². The van der Waals surface area contributed by atoms with E-state index in [1.165, 1.54) is 4.57 Å². The first-order chi connectivity index (χ1) is 8.08. The quantitative estimate of drug-likeness (QED) is 0.793. The fourth-order valence-corrected chi connectivity index (χ4v) is 2.16. The number of rotatable bonds is 4. The Hall–Kier alpha value is -1.17. The summed E-state index contributed by atoms with van der Waals surface area (Å²) in [5.74, 6) is 0.578. The Morgan fingerprint density at radius 1 is 1.41 bits per heavy atom. The Balaban J connectivity index is 2.65. The molecule has 0 aliphatic carbocycles. The van der Waals surface area contributed by atoms with Crippen molar-refractivity contribution in [3.8, 4) is 0 Å². The summed E-state index contributed by atoms with van der Waals surface area (Å²) < 4.78 is 28.1. The molecule has 0 spiro atoms. The number of fused-ring (bicyclic) bond motifs is 1. The molecule has 2 heterocycles. The van der Waals surface area contributed by atoms with E-state index in [-0.39, 0.29) is 5.88 Å². The van der Waals surface area contributed by atoms with E-state index < -0.39 is 13.0 Å². The van der Waals surface area contributed by atoms with E-state index in [0.29, 0.717) is 23.4 Å². The van der Waals surface area contributed by atoms with E-state index in [0.717, 1.165) is 5.69 Å². The maximum atomic E-state index is 12.5. The lowest BCUT2D eigenvalue weighted by atomic mass is 10.3. The van der Waals surface area contributed by atoms with Crippen molar-refractivity contribution in [1.82, 2.24) is 19.3 Å². The minimum atomic E-state index is -2.44. The van der Waals surface area contributed by atoms with E-state index in [1.54, 1.807) is 11.7 Å². The Morgan fingerprint density at radius 2 is 2.12 bits per heavy atom. The predicted octanol–water partition coefficient (Wildman–Crippen LogP) is 2.34. The molecule has 0 N–H and O–H groups in total. The average Bonchev–Trinajstić information content (AvgIpc) is 2.77. The van der Waals surface area contributed by atoms with Crippen LogP contribution in [0.5, 0.6) is 0 Å². The van der Waals surface area contributed by atoms with Crippen molar-refractivity contribution >= 4 is 22.8 Å². The Morgan fingerprint density at radius 3 is 2.65 bits per heavy atom. The number of aromatic nitrogens is 4. The summed E-state index contributed by atoms with van der Waals surface area (Å²) in [5.41, 5.74) is 2.09. The molecule has 7 heteroatoms. The van der Waals surface area contributed by atoms with Crippen LogP contribution in [0, 0.1) is 0 Å². The predicted molar refractivity (Wildman–Crippen MR) is 61.4 cm³/mol. The summed E-state index contributed by atoms with van der Waals surface area (Å²) in [4.78, 5) is 4.29. The highest BCUT2D eigenvalue weighted by atomic mass is 35.5. The van der Waals surface area contributed by atoms with Gasteiger partial charge < -0.3 is 4.57 Å². The molecule has 4 nitrogen and oxygen atoms in total. The van der Waals surface area contributed by atoms with E-state index in [1.807, 2.05) is 6.92 Å². The fraction of sp³-hybridized carbons (Fsp3) is 0.600. The second kappa shape index (κ2) is 4.60. The average molecular weight is 263 g/mol. The smallest absolute Gasteiger partial charge is 0.256 e. The van der Waals surface area contributed by atoms with Gasteiger partial charge in [-0.3, -0.25) is 4.68 Å². The summed E-state index contributed by atoms with van der Waals surface area (Å²) in [6.07, 6.45) is -1.72. The van der Waals surface area contributed by atoms with Crippen molar-refractivity contribution in [2.45, 2.75) is 32.2 Å². The monoisotopic (exact) mass is 262 g/mol. The molecular weight excluding hydrogens is 250 g/mol. The van der Waals surface area contributed by atoms with Crippen LogP contribution in [0.15, 0.2) is 0 Å². The number of halogens is 3. The first-order valence-electron chi connectivity index (χ1n) is 5.33. The topological polar surface area (TPSA) is 35.6 Å². The first kappa shape index (κ1) is 12.3. The molecule has 2 aromatic rings. The second-order valence-corrected chi connectivity index (χ2v) is 4.03. The van der Waals surface area contributed by atoms with Gasteiger partial charge in [0.15, 0.2) is 5.65 Å². The highest BCUT2D eigenvalue weighted by molar-refractivity contribution is 6.16. The standard InChI is InChI=1S/C10H13ClF2N4/c1-3-6-9-10(16(2)15-6)17(5-7(12)13)8(4-11)14-9/h7H,3-5H2,1-2H3. The lowest BCUT2D eigenvalue weighted by molar-refractivity contribution is 0.126. The summed E-state index contributed by atoms with van der Waals surface area (Å²) in [5, 5.41) is 4.26. The normalized spacial score (nSPS) is 11.9. The largest absolute Gasteiger partial charge is 0.306 e. The van der Waals surface area contributed by atoms with Gasteiger partial charge in [0, 0.05) is 7.05 Å². The van der Waals surface area contributed by atoms with Crippen LogP contribution in [0.1, 0.15) is 18.4 Å². The Kier molecular flexibility index (Phi) is 3.33. The molecule has 0 bridgehead atoms. The third-order valence-corrected chi connectivity index (χ3v) is 2.88. The Bertz CT molecular complexity index is 532. The highest BCUT2D eigenvalue weighted by Gasteiger charge is 2.19. The molecule has 0 radical (unpaired) electrons. The maximum Gasteiger partial charge on any atom is 0.256 e. The molecule has 0 amide bonds. The fourth-order valence-electron chi connectivity index (χ4n) is 1.96. The molecule has 0 aliphatic rings. The van der Waals surface area contributed by atoms with Gasteiger partial charge in [-0.2, -0.15) is 5.10 Å². The zero-order valence-corrected chi connectivity index (χ0v) is 10.4. The van der Waals surface area contributed by atoms with Gasteiger partial charge in [0.25, 0.3) is 6.43 Å². The van der Waals surface area contributed by atoms with Crippen molar-refractivity contribution in [3.05, 3.63) is 11.5 Å². The van der Waals surface area contributed by atoms with Gasteiger partial charge in [-0.1, -0.05) is 6.92 Å². The van der Waals surface area contributed by atoms with Gasteiger partial charge in [0.05, 0.1) is 18.1 Å². The van der Waals surface area contributed by atoms with E-state index >= 15 is 0 Å². The van der Waals surface area contributed by atoms with Gasteiger partial charge in [-0.05, 0) is 6.42 Å². The molecule has 17 heavy (non-hydrogen) atoms. The number of imidazole rings is 1. The van der Waals surface area contributed by atoms with Gasteiger partial charge in [-0.15, -0.1) is 11.6 Å². The van der Waals surface area contributed by atoms with Crippen LogP contribution >= 0.6 is 11.6 Å². The van der Waals surface area contributed by atoms with Crippen LogP contribution in [0.2, 0.25) is 0 Å². The number of aryl methyl sites for hydroxylation is 2. The molecule has 0 fully saturated rings. The molecule has 0 unspecified atom stereocenters. The van der Waals surface area contributed by atoms with Crippen molar-refractivity contribution in [2.24, 2.45) is 7.05 Å². The number of nitrogens with zero attached hydrogens (tertiary/aromatic N) is 4. The van der Waals surface area contributed by atoms with E-state index in [9.17, 15) is 8.78 Å². The van der Waals surface area contributed by atoms with Crippen LogP contribution in [-0.4, -0.2) is 25.8 Å². The van der Waals surface area contributed by atoms with Crippen molar-refractivity contribution in [1.29, 1.82) is 0 Å².